The lowest BCUT2D eigenvalue weighted by atomic mass is 10.2. The highest BCUT2D eigenvalue weighted by molar-refractivity contribution is 5.87. The average Bonchev–Trinajstić information content (AvgIpc) is 2.98. The van der Waals surface area contributed by atoms with Crippen LogP contribution in [0.1, 0.15) is 23.0 Å². The summed E-state index contributed by atoms with van der Waals surface area (Å²) < 4.78 is 49.7. The number of carbonyl (C=O) groups is 1. The van der Waals surface area contributed by atoms with E-state index in [2.05, 4.69) is 10.1 Å². The largest absolute Gasteiger partial charge is 0.461 e. The maximum absolute atomic E-state index is 12.7. The number of aromatic nitrogens is 3. The minimum atomic E-state index is -4.46. The molecular weight excluding hydrogens is 339 g/mol. The third-order valence-electron chi connectivity index (χ3n) is 3.16. The van der Waals surface area contributed by atoms with Crippen LogP contribution in [0, 0.1) is 0 Å². The van der Waals surface area contributed by atoms with E-state index >= 15 is 0 Å². The standard InChI is InChI=1S/C16H12F3N3O3/c1-2-24-15(23)12-9-22-13(20-12)6-7-14(21-22)25-11-5-3-4-10(8-11)16(17,18)19/h3-9H,2H2,1H3. The summed E-state index contributed by atoms with van der Waals surface area (Å²) in [6.45, 7) is 1.89. The van der Waals surface area contributed by atoms with Gasteiger partial charge in [-0.3, -0.25) is 0 Å². The first-order valence-corrected chi connectivity index (χ1v) is 7.25. The lowest BCUT2D eigenvalue weighted by Crippen LogP contribution is -2.04. The Morgan fingerprint density at radius 2 is 2.04 bits per heavy atom. The SMILES string of the molecule is CCOC(=O)c1cn2nc(Oc3cccc(C(F)(F)F)c3)ccc2n1. The van der Waals surface area contributed by atoms with Crippen molar-refractivity contribution in [3.8, 4) is 11.6 Å². The Labute approximate surface area is 139 Å². The van der Waals surface area contributed by atoms with E-state index in [0.717, 1.165) is 12.1 Å². The molecule has 0 atom stereocenters. The molecule has 0 bridgehead atoms. The molecule has 6 nitrogen and oxygen atoms in total. The van der Waals surface area contributed by atoms with E-state index in [1.54, 1.807) is 6.92 Å². The molecule has 2 aromatic heterocycles. The molecule has 0 N–H and O–H groups in total. The minimum absolute atomic E-state index is 0.00703. The number of ether oxygens (including phenoxy) is 2. The van der Waals surface area contributed by atoms with E-state index in [0.29, 0.717) is 5.65 Å². The van der Waals surface area contributed by atoms with Gasteiger partial charge in [0.25, 0.3) is 0 Å². The fourth-order valence-electron chi connectivity index (χ4n) is 2.08. The Bertz CT molecular complexity index is 922. The van der Waals surface area contributed by atoms with Crippen molar-refractivity contribution in [3.63, 3.8) is 0 Å². The van der Waals surface area contributed by atoms with Gasteiger partial charge in [0, 0.05) is 6.07 Å². The number of halogens is 3. The normalized spacial score (nSPS) is 11.5. The number of benzene rings is 1. The van der Waals surface area contributed by atoms with Crippen LogP contribution in [0.25, 0.3) is 5.65 Å². The summed E-state index contributed by atoms with van der Waals surface area (Å²) in [5, 5.41) is 4.07. The van der Waals surface area contributed by atoms with Gasteiger partial charge in [-0.25, -0.2) is 14.3 Å². The molecule has 25 heavy (non-hydrogen) atoms. The van der Waals surface area contributed by atoms with Gasteiger partial charge in [0.15, 0.2) is 11.3 Å². The van der Waals surface area contributed by atoms with Crippen LogP contribution < -0.4 is 4.74 Å². The van der Waals surface area contributed by atoms with Gasteiger partial charge in [0.2, 0.25) is 5.88 Å². The molecule has 0 aliphatic rings. The van der Waals surface area contributed by atoms with E-state index in [1.807, 2.05) is 0 Å². The second kappa shape index (κ2) is 6.42. The number of carbonyl (C=O) groups excluding carboxylic acids is 1. The zero-order chi connectivity index (χ0) is 18.0. The van der Waals surface area contributed by atoms with Gasteiger partial charge in [-0.15, -0.1) is 5.10 Å². The Balaban J connectivity index is 1.86. The first kappa shape index (κ1) is 16.7. The molecule has 2 heterocycles. The molecule has 0 aliphatic heterocycles. The highest BCUT2D eigenvalue weighted by Gasteiger charge is 2.30. The summed E-state index contributed by atoms with van der Waals surface area (Å²) in [7, 11) is 0. The number of alkyl halides is 3. The van der Waals surface area contributed by atoms with E-state index in [4.69, 9.17) is 9.47 Å². The highest BCUT2D eigenvalue weighted by atomic mass is 19.4. The smallest absolute Gasteiger partial charge is 0.416 e. The van der Waals surface area contributed by atoms with Crippen molar-refractivity contribution in [2.45, 2.75) is 13.1 Å². The average molecular weight is 351 g/mol. The zero-order valence-corrected chi connectivity index (χ0v) is 12.9. The molecule has 0 amide bonds. The molecular formula is C16H12F3N3O3. The van der Waals surface area contributed by atoms with Crippen molar-refractivity contribution in [1.82, 2.24) is 14.6 Å². The molecule has 3 aromatic rings. The monoisotopic (exact) mass is 351 g/mol. The molecule has 0 fully saturated rings. The van der Waals surface area contributed by atoms with Crippen LogP contribution in [0.3, 0.4) is 0 Å². The Kier molecular flexibility index (Phi) is 4.30. The summed E-state index contributed by atoms with van der Waals surface area (Å²) in [6, 6.07) is 7.43. The number of nitrogens with zero attached hydrogens (tertiary/aromatic N) is 3. The number of esters is 1. The third-order valence-corrected chi connectivity index (χ3v) is 3.16. The van der Waals surface area contributed by atoms with Gasteiger partial charge in [-0.2, -0.15) is 13.2 Å². The van der Waals surface area contributed by atoms with Crippen molar-refractivity contribution < 1.29 is 27.4 Å². The van der Waals surface area contributed by atoms with E-state index < -0.39 is 17.7 Å². The van der Waals surface area contributed by atoms with Crippen molar-refractivity contribution in [3.05, 3.63) is 53.9 Å². The molecule has 0 radical (unpaired) electrons. The molecule has 3 rings (SSSR count). The van der Waals surface area contributed by atoms with Gasteiger partial charge in [0.1, 0.15) is 5.75 Å². The number of hydrogen-bond acceptors (Lipinski definition) is 5. The number of imidazole rings is 1. The van der Waals surface area contributed by atoms with E-state index in [1.165, 1.54) is 35.0 Å². The van der Waals surface area contributed by atoms with Crippen LogP contribution in [0.15, 0.2) is 42.6 Å². The number of hydrogen-bond donors (Lipinski definition) is 0. The van der Waals surface area contributed by atoms with Crippen LogP contribution in [0.4, 0.5) is 13.2 Å². The summed E-state index contributed by atoms with van der Waals surface area (Å²) in [4.78, 5) is 15.7. The Hall–Kier alpha value is -3.10. The van der Waals surface area contributed by atoms with Crippen molar-refractivity contribution in [1.29, 1.82) is 0 Å². The third kappa shape index (κ3) is 3.70. The second-order valence-corrected chi connectivity index (χ2v) is 4.95. The molecule has 0 unspecified atom stereocenters. The van der Waals surface area contributed by atoms with Gasteiger partial charge >= 0.3 is 12.1 Å². The predicted molar refractivity (Wildman–Crippen MR) is 80.5 cm³/mol. The molecule has 1 aromatic carbocycles. The summed E-state index contributed by atoms with van der Waals surface area (Å²) in [5.74, 6) is -0.541. The molecule has 0 aliphatic carbocycles. The first-order valence-electron chi connectivity index (χ1n) is 7.25. The van der Waals surface area contributed by atoms with Crippen LogP contribution in [0.5, 0.6) is 11.6 Å². The van der Waals surface area contributed by atoms with Crippen molar-refractivity contribution in [2.24, 2.45) is 0 Å². The topological polar surface area (TPSA) is 65.7 Å². The maximum atomic E-state index is 12.7. The van der Waals surface area contributed by atoms with Gasteiger partial charge in [0.05, 0.1) is 18.4 Å². The van der Waals surface area contributed by atoms with Crippen LogP contribution in [0.2, 0.25) is 0 Å². The van der Waals surface area contributed by atoms with Crippen molar-refractivity contribution >= 4 is 11.6 Å². The Morgan fingerprint density at radius 3 is 2.76 bits per heavy atom. The molecule has 0 spiro atoms. The van der Waals surface area contributed by atoms with Crippen LogP contribution in [-0.2, 0) is 10.9 Å². The highest BCUT2D eigenvalue weighted by Crippen LogP contribution is 2.32. The first-order chi connectivity index (χ1) is 11.9. The quantitative estimate of drug-likeness (QED) is 0.670. The molecule has 130 valence electrons. The van der Waals surface area contributed by atoms with E-state index in [9.17, 15) is 18.0 Å². The molecule has 0 saturated heterocycles. The maximum Gasteiger partial charge on any atom is 0.416 e. The van der Waals surface area contributed by atoms with E-state index in [-0.39, 0.29) is 23.9 Å². The lowest BCUT2D eigenvalue weighted by molar-refractivity contribution is -0.137. The minimum Gasteiger partial charge on any atom is -0.461 e. The second-order valence-electron chi connectivity index (χ2n) is 4.95. The van der Waals surface area contributed by atoms with Gasteiger partial charge < -0.3 is 9.47 Å². The summed E-state index contributed by atoms with van der Waals surface area (Å²) in [5.41, 5.74) is -0.372. The lowest BCUT2D eigenvalue weighted by Gasteiger charge is -2.09. The Morgan fingerprint density at radius 1 is 1.24 bits per heavy atom. The molecule has 9 heteroatoms. The predicted octanol–water partition coefficient (Wildman–Crippen LogP) is 3.72. The number of rotatable bonds is 4. The fraction of sp³-hybridized carbons (Fsp3) is 0.188. The van der Waals surface area contributed by atoms with Gasteiger partial charge in [-0.05, 0) is 31.2 Å². The molecule has 0 saturated carbocycles. The number of fused-ring (bicyclic) bond motifs is 1. The summed E-state index contributed by atoms with van der Waals surface area (Å²) >= 11 is 0. The fourth-order valence-corrected chi connectivity index (χ4v) is 2.08. The van der Waals surface area contributed by atoms with Gasteiger partial charge in [-0.1, -0.05) is 6.07 Å². The van der Waals surface area contributed by atoms with Crippen LogP contribution in [-0.4, -0.2) is 27.2 Å². The van der Waals surface area contributed by atoms with Crippen LogP contribution >= 0.6 is 0 Å². The van der Waals surface area contributed by atoms with Crippen molar-refractivity contribution in [2.75, 3.05) is 6.61 Å². The summed E-state index contributed by atoms with van der Waals surface area (Å²) in [6.07, 6.45) is -3.11. The zero-order valence-electron chi connectivity index (χ0n) is 12.9.